The molecule has 3 N–H and O–H groups in total. The van der Waals surface area contributed by atoms with Crippen molar-refractivity contribution in [3.8, 4) is 0 Å². The summed E-state index contributed by atoms with van der Waals surface area (Å²) in [6.07, 6.45) is 3.93. The Labute approximate surface area is 98.3 Å². The van der Waals surface area contributed by atoms with Gasteiger partial charge in [-0.05, 0) is 18.1 Å². The van der Waals surface area contributed by atoms with Crippen LogP contribution in [0.1, 0.15) is 12.0 Å². The maximum atomic E-state index is 11.4. The lowest BCUT2D eigenvalue weighted by Crippen LogP contribution is -2.43. The predicted molar refractivity (Wildman–Crippen MR) is 59.2 cm³/mol. The van der Waals surface area contributed by atoms with Crippen LogP contribution in [0.25, 0.3) is 0 Å². The maximum absolute atomic E-state index is 11.4. The maximum Gasteiger partial charge on any atom is 0.328 e. The van der Waals surface area contributed by atoms with Crippen LogP contribution >= 0.6 is 0 Å². The van der Waals surface area contributed by atoms with Crippen LogP contribution in [0.2, 0.25) is 0 Å². The number of rotatable bonds is 6. The van der Waals surface area contributed by atoms with E-state index in [1.807, 2.05) is 6.07 Å². The van der Waals surface area contributed by atoms with Gasteiger partial charge >= 0.3 is 5.97 Å². The van der Waals surface area contributed by atoms with E-state index in [-0.39, 0.29) is 6.42 Å². The van der Waals surface area contributed by atoms with Crippen LogP contribution in [0.3, 0.4) is 0 Å². The Kier molecular flexibility index (Phi) is 5.09. The molecule has 0 aliphatic carbocycles. The highest BCUT2D eigenvalue weighted by atomic mass is 16.4. The summed E-state index contributed by atoms with van der Waals surface area (Å²) in [5.74, 6) is -1.66. The fourth-order valence-electron chi connectivity index (χ4n) is 1.26. The van der Waals surface area contributed by atoms with Gasteiger partial charge in [0.15, 0.2) is 0 Å². The molecule has 17 heavy (non-hydrogen) atoms. The van der Waals surface area contributed by atoms with Crippen molar-refractivity contribution >= 4 is 11.9 Å². The number of pyridine rings is 1. The molecule has 92 valence electrons. The van der Waals surface area contributed by atoms with E-state index in [0.29, 0.717) is 6.42 Å². The molecular weight excluding hydrogens is 224 g/mol. The fourth-order valence-corrected chi connectivity index (χ4v) is 1.26. The number of aliphatic carboxylic acids is 1. The summed E-state index contributed by atoms with van der Waals surface area (Å²) in [5.41, 5.74) is 0.901. The summed E-state index contributed by atoms with van der Waals surface area (Å²) in [6, 6.07) is 2.36. The smallest absolute Gasteiger partial charge is 0.328 e. The first-order valence-corrected chi connectivity index (χ1v) is 5.15. The first-order chi connectivity index (χ1) is 8.13. The molecule has 0 aliphatic heterocycles. The summed E-state index contributed by atoms with van der Waals surface area (Å²) in [5, 5.41) is 19.6. The molecule has 1 atom stereocenters. The molecule has 6 heteroatoms. The molecule has 0 saturated heterocycles. The van der Waals surface area contributed by atoms with Gasteiger partial charge in [-0.1, -0.05) is 6.07 Å². The SMILES string of the molecule is O=C(CCc1cccnc1)N[C@H](CO)C(=O)O. The van der Waals surface area contributed by atoms with Crippen LogP contribution < -0.4 is 5.32 Å². The van der Waals surface area contributed by atoms with Gasteiger partial charge in [0.25, 0.3) is 0 Å². The molecule has 0 saturated carbocycles. The van der Waals surface area contributed by atoms with Gasteiger partial charge in [-0.15, -0.1) is 0 Å². The zero-order valence-corrected chi connectivity index (χ0v) is 9.17. The molecule has 6 nitrogen and oxygen atoms in total. The molecule has 1 heterocycles. The van der Waals surface area contributed by atoms with Crippen molar-refractivity contribution < 1.29 is 19.8 Å². The number of nitrogens with one attached hydrogen (secondary N) is 1. The van der Waals surface area contributed by atoms with Crippen molar-refractivity contribution in [2.24, 2.45) is 0 Å². The molecule has 0 fully saturated rings. The number of aryl methyl sites for hydroxylation is 1. The fraction of sp³-hybridized carbons (Fsp3) is 0.364. The Balaban J connectivity index is 2.37. The van der Waals surface area contributed by atoms with E-state index in [2.05, 4.69) is 10.3 Å². The number of aromatic nitrogens is 1. The topological polar surface area (TPSA) is 99.5 Å². The van der Waals surface area contributed by atoms with E-state index in [9.17, 15) is 9.59 Å². The van der Waals surface area contributed by atoms with Gasteiger partial charge in [0.05, 0.1) is 6.61 Å². The predicted octanol–water partition coefficient (Wildman–Crippen LogP) is -0.424. The Hall–Kier alpha value is -1.95. The van der Waals surface area contributed by atoms with Crippen LogP contribution in [0, 0.1) is 0 Å². The van der Waals surface area contributed by atoms with Gasteiger partial charge < -0.3 is 15.5 Å². The lowest BCUT2D eigenvalue weighted by Gasteiger charge is -2.11. The van der Waals surface area contributed by atoms with E-state index in [1.165, 1.54) is 0 Å². The highest BCUT2D eigenvalue weighted by molar-refractivity contribution is 5.83. The van der Waals surface area contributed by atoms with E-state index < -0.39 is 24.5 Å². The molecule has 0 radical (unpaired) electrons. The van der Waals surface area contributed by atoms with Crippen molar-refractivity contribution in [2.45, 2.75) is 18.9 Å². The Morgan fingerprint density at radius 3 is 2.76 bits per heavy atom. The third-order valence-electron chi connectivity index (χ3n) is 2.18. The zero-order valence-electron chi connectivity index (χ0n) is 9.17. The molecule has 1 amide bonds. The minimum absolute atomic E-state index is 0.162. The molecular formula is C11H14N2O4. The third-order valence-corrected chi connectivity index (χ3v) is 2.18. The van der Waals surface area contributed by atoms with Crippen LogP contribution in [0.15, 0.2) is 24.5 Å². The van der Waals surface area contributed by atoms with E-state index in [0.717, 1.165) is 5.56 Å². The van der Waals surface area contributed by atoms with Gasteiger partial charge in [0, 0.05) is 18.8 Å². The lowest BCUT2D eigenvalue weighted by molar-refractivity contribution is -0.142. The highest BCUT2D eigenvalue weighted by Crippen LogP contribution is 2.00. The van der Waals surface area contributed by atoms with Crippen LogP contribution in [-0.2, 0) is 16.0 Å². The van der Waals surface area contributed by atoms with Crippen molar-refractivity contribution in [1.29, 1.82) is 0 Å². The van der Waals surface area contributed by atoms with E-state index >= 15 is 0 Å². The number of aliphatic hydroxyl groups excluding tert-OH is 1. The highest BCUT2D eigenvalue weighted by Gasteiger charge is 2.18. The number of carbonyl (C=O) groups is 2. The van der Waals surface area contributed by atoms with Gasteiger partial charge in [-0.2, -0.15) is 0 Å². The molecule has 1 aromatic rings. The molecule has 0 aromatic carbocycles. The van der Waals surface area contributed by atoms with Crippen LogP contribution in [0.5, 0.6) is 0 Å². The second-order valence-electron chi connectivity index (χ2n) is 3.50. The number of carbonyl (C=O) groups excluding carboxylic acids is 1. The Bertz CT molecular complexity index is 380. The van der Waals surface area contributed by atoms with E-state index in [1.54, 1.807) is 18.5 Å². The first-order valence-electron chi connectivity index (χ1n) is 5.15. The monoisotopic (exact) mass is 238 g/mol. The van der Waals surface area contributed by atoms with Crippen molar-refractivity contribution in [3.63, 3.8) is 0 Å². The summed E-state index contributed by atoms with van der Waals surface area (Å²) < 4.78 is 0. The zero-order chi connectivity index (χ0) is 12.7. The Morgan fingerprint density at radius 1 is 1.47 bits per heavy atom. The molecule has 0 unspecified atom stereocenters. The average Bonchev–Trinajstić information content (AvgIpc) is 2.34. The number of carboxylic acid groups (broad SMARTS) is 1. The number of hydrogen-bond donors (Lipinski definition) is 3. The summed E-state index contributed by atoms with van der Waals surface area (Å²) in [6.45, 7) is -0.617. The molecule has 1 aromatic heterocycles. The second-order valence-corrected chi connectivity index (χ2v) is 3.50. The Morgan fingerprint density at radius 2 is 2.24 bits per heavy atom. The van der Waals surface area contributed by atoms with E-state index in [4.69, 9.17) is 10.2 Å². The summed E-state index contributed by atoms with van der Waals surface area (Å²) >= 11 is 0. The van der Waals surface area contributed by atoms with Gasteiger partial charge in [-0.3, -0.25) is 9.78 Å². The quantitative estimate of drug-likeness (QED) is 0.625. The van der Waals surface area contributed by atoms with Crippen molar-refractivity contribution in [3.05, 3.63) is 30.1 Å². The summed E-state index contributed by atoms with van der Waals surface area (Å²) in [7, 11) is 0. The second kappa shape index (κ2) is 6.59. The van der Waals surface area contributed by atoms with Gasteiger partial charge in [0.2, 0.25) is 5.91 Å². The average molecular weight is 238 g/mol. The number of carboxylic acids is 1. The van der Waals surface area contributed by atoms with Crippen LogP contribution in [0.4, 0.5) is 0 Å². The normalized spacial score (nSPS) is 11.8. The molecule has 0 spiro atoms. The number of amides is 1. The van der Waals surface area contributed by atoms with Gasteiger partial charge in [-0.25, -0.2) is 4.79 Å². The standard InChI is InChI=1S/C11H14N2O4/c14-7-9(11(16)17)13-10(15)4-3-8-2-1-5-12-6-8/h1-2,5-6,9,14H,3-4,7H2,(H,13,15)(H,16,17)/t9-/m1/s1. The minimum atomic E-state index is -1.25. The third kappa shape index (κ3) is 4.60. The minimum Gasteiger partial charge on any atom is -0.480 e. The van der Waals surface area contributed by atoms with Crippen molar-refractivity contribution in [2.75, 3.05) is 6.61 Å². The molecule has 1 rings (SSSR count). The number of nitrogens with zero attached hydrogens (tertiary/aromatic N) is 1. The summed E-state index contributed by atoms with van der Waals surface area (Å²) in [4.78, 5) is 25.8. The molecule has 0 aliphatic rings. The first kappa shape index (κ1) is 13.1. The van der Waals surface area contributed by atoms with Crippen molar-refractivity contribution in [1.82, 2.24) is 10.3 Å². The number of aliphatic hydroxyl groups is 1. The largest absolute Gasteiger partial charge is 0.480 e. The van der Waals surface area contributed by atoms with Crippen LogP contribution in [-0.4, -0.2) is 39.7 Å². The lowest BCUT2D eigenvalue weighted by atomic mass is 10.1. The van der Waals surface area contributed by atoms with Gasteiger partial charge in [0.1, 0.15) is 6.04 Å². The number of hydrogen-bond acceptors (Lipinski definition) is 4. The molecule has 0 bridgehead atoms.